The average molecular weight is 198 g/mol. The average Bonchev–Trinajstić information content (AvgIpc) is 2.17. The van der Waals surface area contributed by atoms with Crippen molar-refractivity contribution in [3.05, 3.63) is 12.2 Å². The van der Waals surface area contributed by atoms with Crippen molar-refractivity contribution in [1.29, 1.82) is 0 Å². The molecule has 0 aromatic rings. The van der Waals surface area contributed by atoms with Crippen LogP contribution < -0.4 is 0 Å². The van der Waals surface area contributed by atoms with E-state index >= 15 is 0 Å². The third kappa shape index (κ3) is 9.30. The van der Waals surface area contributed by atoms with Crippen molar-refractivity contribution in [3.63, 3.8) is 0 Å². The van der Waals surface area contributed by atoms with Crippen LogP contribution in [0.2, 0.25) is 0 Å². The molecule has 0 N–H and O–H groups in total. The first-order chi connectivity index (χ1) is 6.81. The van der Waals surface area contributed by atoms with Gasteiger partial charge < -0.3 is 4.74 Å². The van der Waals surface area contributed by atoms with Gasteiger partial charge in [-0.3, -0.25) is 0 Å². The van der Waals surface area contributed by atoms with Crippen molar-refractivity contribution in [2.45, 2.75) is 52.4 Å². The van der Waals surface area contributed by atoms with E-state index in [1.54, 1.807) is 6.08 Å². The molecule has 0 heterocycles. The van der Waals surface area contributed by atoms with Gasteiger partial charge in [-0.2, -0.15) is 0 Å². The van der Waals surface area contributed by atoms with Crippen LogP contribution in [0, 0.1) is 0 Å². The van der Waals surface area contributed by atoms with E-state index < -0.39 is 0 Å². The highest BCUT2D eigenvalue weighted by Gasteiger charge is 1.95. The van der Waals surface area contributed by atoms with Gasteiger partial charge in [-0.1, -0.05) is 45.1 Å². The van der Waals surface area contributed by atoms with Crippen LogP contribution in [0.5, 0.6) is 0 Å². The first-order valence-corrected chi connectivity index (χ1v) is 5.60. The van der Waals surface area contributed by atoms with Gasteiger partial charge in [0, 0.05) is 6.08 Å². The van der Waals surface area contributed by atoms with E-state index in [1.807, 2.05) is 6.92 Å². The van der Waals surface area contributed by atoms with Crippen LogP contribution in [-0.4, -0.2) is 12.6 Å². The Labute approximate surface area is 87.3 Å². The molecule has 0 atom stereocenters. The molecule has 0 amide bonds. The van der Waals surface area contributed by atoms with E-state index in [9.17, 15) is 4.79 Å². The standard InChI is InChI=1S/C12H22O2/c1-3-5-6-7-8-9-11-14-12(13)10-4-2/h4,10H,3,5-9,11H2,1-2H3/b10-4-. The summed E-state index contributed by atoms with van der Waals surface area (Å²) in [4.78, 5) is 10.9. The van der Waals surface area contributed by atoms with Crippen molar-refractivity contribution in [2.24, 2.45) is 0 Å². The summed E-state index contributed by atoms with van der Waals surface area (Å²) in [6.45, 7) is 4.58. The Morgan fingerprint density at radius 2 is 1.79 bits per heavy atom. The molecule has 0 saturated heterocycles. The van der Waals surface area contributed by atoms with Crippen molar-refractivity contribution < 1.29 is 9.53 Å². The van der Waals surface area contributed by atoms with Crippen LogP contribution in [0.3, 0.4) is 0 Å². The van der Waals surface area contributed by atoms with Crippen LogP contribution in [0.4, 0.5) is 0 Å². The highest BCUT2D eigenvalue weighted by Crippen LogP contribution is 2.04. The molecular formula is C12H22O2. The minimum Gasteiger partial charge on any atom is -0.463 e. The molecule has 2 heteroatoms. The Morgan fingerprint density at radius 1 is 1.14 bits per heavy atom. The molecule has 0 aliphatic carbocycles. The normalized spacial score (nSPS) is 10.7. The van der Waals surface area contributed by atoms with E-state index in [0.29, 0.717) is 6.61 Å². The summed E-state index contributed by atoms with van der Waals surface area (Å²) < 4.78 is 4.96. The maximum Gasteiger partial charge on any atom is 0.330 e. The van der Waals surface area contributed by atoms with Gasteiger partial charge in [-0.15, -0.1) is 0 Å². The molecule has 0 aromatic heterocycles. The maximum atomic E-state index is 10.9. The summed E-state index contributed by atoms with van der Waals surface area (Å²) in [7, 11) is 0. The van der Waals surface area contributed by atoms with E-state index in [1.165, 1.54) is 38.2 Å². The lowest BCUT2D eigenvalue weighted by Gasteiger charge is -2.01. The highest BCUT2D eigenvalue weighted by atomic mass is 16.5. The molecule has 0 aliphatic rings. The lowest BCUT2D eigenvalue weighted by Crippen LogP contribution is -2.01. The first-order valence-electron chi connectivity index (χ1n) is 5.60. The Morgan fingerprint density at radius 3 is 2.43 bits per heavy atom. The van der Waals surface area contributed by atoms with Gasteiger partial charge in [0.1, 0.15) is 0 Å². The molecule has 0 radical (unpaired) electrons. The van der Waals surface area contributed by atoms with E-state index in [0.717, 1.165) is 6.42 Å². The Bertz CT molecular complexity index is 162. The Kier molecular flexibility index (Phi) is 9.71. The van der Waals surface area contributed by atoms with E-state index in [-0.39, 0.29) is 5.97 Å². The van der Waals surface area contributed by atoms with Gasteiger partial charge in [0.05, 0.1) is 6.61 Å². The van der Waals surface area contributed by atoms with Crippen LogP contribution in [0.15, 0.2) is 12.2 Å². The van der Waals surface area contributed by atoms with Crippen LogP contribution >= 0.6 is 0 Å². The van der Waals surface area contributed by atoms with Crippen LogP contribution in [-0.2, 0) is 9.53 Å². The quantitative estimate of drug-likeness (QED) is 0.339. The van der Waals surface area contributed by atoms with Crippen LogP contribution in [0.25, 0.3) is 0 Å². The van der Waals surface area contributed by atoms with Gasteiger partial charge in [-0.25, -0.2) is 4.79 Å². The second-order valence-electron chi connectivity index (χ2n) is 3.44. The summed E-state index contributed by atoms with van der Waals surface area (Å²) >= 11 is 0. The van der Waals surface area contributed by atoms with Crippen molar-refractivity contribution in [2.75, 3.05) is 6.61 Å². The molecule has 0 spiro atoms. The second kappa shape index (κ2) is 10.3. The summed E-state index contributed by atoms with van der Waals surface area (Å²) in [6.07, 6.45) is 10.5. The fourth-order valence-electron chi connectivity index (χ4n) is 1.24. The smallest absolute Gasteiger partial charge is 0.330 e. The predicted molar refractivity (Wildman–Crippen MR) is 59.1 cm³/mol. The SMILES string of the molecule is C/C=C\C(=O)OCCCCCCCC. The maximum absolute atomic E-state index is 10.9. The summed E-state index contributed by atoms with van der Waals surface area (Å²) in [5.41, 5.74) is 0. The van der Waals surface area contributed by atoms with Gasteiger partial charge in [0.2, 0.25) is 0 Å². The van der Waals surface area contributed by atoms with Gasteiger partial charge >= 0.3 is 5.97 Å². The predicted octanol–water partition coefficient (Wildman–Crippen LogP) is 3.47. The second-order valence-corrected chi connectivity index (χ2v) is 3.44. The van der Waals surface area contributed by atoms with Crippen molar-refractivity contribution >= 4 is 5.97 Å². The molecule has 82 valence electrons. The molecule has 0 aromatic carbocycles. The number of carbonyl (C=O) groups is 1. The van der Waals surface area contributed by atoms with E-state index in [2.05, 4.69) is 6.92 Å². The number of ether oxygens (including phenoxy) is 1. The fourth-order valence-corrected chi connectivity index (χ4v) is 1.24. The monoisotopic (exact) mass is 198 g/mol. The molecule has 14 heavy (non-hydrogen) atoms. The highest BCUT2D eigenvalue weighted by molar-refractivity contribution is 5.81. The zero-order valence-corrected chi connectivity index (χ0v) is 9.42. The molecule has 0 bridgehead atoms. The largest absolute Gasteiger partial charge is 0.463 e. The zero-order valence-electron chi connectivity index (χ0n) is 9.42. The third-order valence-electron chi connectivity index (χ3n) is 2.04. The van der Waals surface area contributed by atoms with Gasteiger partial charge in [-0.05, 0) is 13.3 Å². The number of hydrogen-bond acceptors (Lipinski definition) is 2. The Hall–Kier alpha value is -0.790. The Balaban J connectivity index is 3.09. The number of carbonyl (C=O) groups excluding carboxylic acids is 1. The van der Waals surface area contributed by atoms with Gasteiger partial charge in [0.15, 0.2) is 0 Å². The number of esters is 1. The molecular weight excluding hydrogens is 176 g/mol. The summed E-state index contributed by atoms with van der Waals surface area (Å²) in [5, 5.41) is 0. The minimum atomic E-state index is -0.221. The van der Waals surface area contributed by atoms with E-state index in [4.69, 9.17) is 4.74 Å². The lowest BCUT2D eigenvalue weighted by atomic mass is 10.1. The first kappa shape index (κ1) is 13.2. The lowest BCUT2D eigenvalue weighted by molar-refractivity contribution is -0.137. The number of allylic oxidation sites excluding steroid dienone is 1. The van der Waals surface area contributed by atoms with Gasteiger partial charge in [0.25, 0.3) is 0 Å². The molecule has 0 aliphatic heterocycles. The number of hydrogen-bond donors (Lipinski definition) is 0. The summed E-state index contributed by atoms with van der Waals surface area (Å²) in [5.74, 6) is -0.221. The molecule has 0 fully saturated rings. The van der Waals surface area contributed by atoms with Crippen LogP contribution in [0.1, 0.15) is 52.4 Å². The molecule has 0 rings (SSSR count). The van der Waals surface area contributed by atoms with Crippen molar-refractivity contribution in [3.8, 4) is 0 Å². The number of rotatable bonds is 8. The molecule has 2 nitrogen and oxygen atoms in total. The third-order valence-corrected chi connectivity index (χ3v) is 2.04. The molecule has 0 saturated carbocycles. The minimum absolute atomic E-state index is 0.221. The zero-order chi connectivity index (χ0) is 10.6. The van der Waals surface area contributed by atoms with Crippen molar-refractivity contribution in [1.82, 2.24) is 0 Å². The molecule has 0 unspecified atom stereocenters. The fraction of sp³-hybridized carbons (Fsp3) is 0.750. The number of unbranched alkanes of at least 4 members (excludes halogenated alkanes) is 5. The summed E-state index contributed by atoms with van der Waals surface area (Å²) in [6, 6.07) is 0. The topological polar surface area (TPSA) is 26.3 Å².